The van der Waals surface area contributed by atoms with Gasteiger partial charge in [-0.15, -0.1) is 0 Å². The van der Waals surface area contributed by atoms with E-state index in [1.165, 1.54) is 24.3 Å². The lowest BCUT2D eigenvalue weighted by Crippen LogP contribution is -2.47. The van der Waals surface area contributed by atoms with Crippen molar-refractivity contribution in [2.45, 2.75) is 25.9 Å². The Morgan fingerprint density at radius 1 is 0.900 bits per heavy atom. The van der Waals surface area contributed by atoms with Crippen LogP contribution in [0.3, 0.4) is 0 Å². The lowest BCUT2D eigenvalue weighted by Gasteiger charge is -2.15. The van der Waals surface area contributed by atoms with Gasteiger partial charge in [0.1, 0.15) is 11.6 Å². The summed E-state index contributed by atoms with van der Waals surface area (Å²) in [7, 11) is 0. The molecule has 3 aromatic carbocycles. The number of hydrazine groups is 1. The molecule has 0 radical (unpaired) electrons. The number of hydrogen-bond acceptors (Lipinski definition) is 4. The number of Topliss-reactive ketones (excluding diaryl/α,β-unsaturated/α-hetero) is 1. The Morgan fingerprint density at radius 3 is 2.33 bits per heavy atom. The predicted molar refractivity (Wildman–Crippen MR) is 110 cm³/mol. The van der Waals surface area contributed by atoms with E-state index < -0.39 is 23.7 Å². The van der Waals surface area contributed by atoms with Crippen molar-refractivity contribution in [1.29, 1.82) is 0 Å². The zero-order chi connectivity index (χ0) is 21.5. The van der Waals surface area contributed by atoms with Gasteiger partial charge in [0.15, 0.2) is 11.9 Å². The molecule has 0 aliphatic rings. The molecule has 0 aliphatic heterocycles. The van der Waals surface area contributed by atoms with Crippen LogP contribution in [0.5, 0.6) is 5.75 Å². The first kappa shape index (κ1) is 21.0. The van der Waals surface area contributed by atoms with Crippen LogP contribution in [0.2, 0.25) is 0 Å². The maximum absolute atomic E-state index is 12.9. The number of carbonyl (C=O) groups is 3. The van der Waals surface area contributed by atoms with E-state index in [2.05, 4.69) is 10.9 Å². The Bertz CT molecular complexity index is 1070. The maximum atomic E-state index is 12.9. The number of hydrogen-bond donors (Lipinski definition) is 2. The van der Waals surface area contributed by atoms with Gasteiger partial charge in [-0.2, -0.15) is 0 Å². The molecule has 30 heavy (non-hydrogen) atoms. The number of benzene rings is 3. The third kappa shape index (κ3) is 5.64. The molecule has 0 heterocycles. The Morgan fingerprint density at radius 2 is 1.60 bits per heavy atom. The number of ketones is 1. The van der Waals surface area contributed by atoms with Crippen molar-refractivity contribution in [3.8, 4) is 5.75 Å². The first-order valence-electron chi connectivity index (χ1n) is 9.45. The van der Waals surface area contributed by atoms with Gasteiger partial charge in [-0.3, -0.25) is 25.2 Å². The van der Waals surface area contributed by atoms with E-state index >= 15 is 0 Å². The summed E-state index contributed by atoms with van der Waals surface area (Å²) >= 11 is 0. The number of carbonyl (C=O) groups excluding carboxylic acids is 3. The Labute approximate surface area is 173 Å². The Balaban J connectivity index is 1.43. The second-order valence-electron chi connectivity index (χ2n) is 6.74. The van der Waals surface area contributed by atoms with Crippen molar-refractivity contribution in [2.75, 3.05) is 0 Å². The molecule has 3 aromatic rings. The van der Waals surface area contributed by atoms with Gasteiger partial charge in [0.05, 0.1) is 0 Å². The third-order valence-electron chi connectivity index (χ3n) is 4.47. The highest BCUT2D eigenvalue weighted by atomic mass is 19.1. The summed E-state index contributed by atoms with van der Waals surface area (Å²) in [5, 5.41) is 2.05. The van der Waals surface area contributed by atoms with E-state index in [0.29, 0.717) is 11.3 Å². The van der Waals surface area contributed by atoms with Crippen LogP contribution >= 0.6 is 0 Å². The van der Waals surface area contributed by atoms with Gasteiger partial charge in [-0.25, -0.2) is 4.39 Å². The number of amides is 2. The average Bonchev–Trinajstić information content (AvgIpc) is 2.76. The van der Waals surface area contributed by atoms with Crippen molar-refractivity contribution in [3.63, 3.8) is 0 Å². The molecule has 154 valence electrons. The minimum Gasteiger partial charge on any atom is -0.481 e. The molecular weight excluding hydrogens is 387 g/mol. The second kappa shape index (κ2) is 9.65. The molecule has 0 saturated carbocycles. The van der Waals surface area contributed by atoms with Crippen LogP contribution in [-0.4, -0.2) is 23.7 Å². The number of halogens is 1. The van der Waals surface area contributed by atoms with Crippen molar-refractivity contribution in [2.24, 2.45) is 0 Å². The zero-order valence-corrected chi connectivity index (χ0v) is 16.4. The van der Waals surface area contributed by atoms with Crippen LogP contribution in [-0.2, 0) is 9.59 Å². The first-order chi connectivity index (χ1) is 14.4. The summed E-state index contributed by atoms with van der Waals surface area (Å²) < 4.78 is 18.5. The van der Waals surface area contributed by atoms with Crippen molar-refractivity contribution >= 4 is 28.4 Å². The van der Waals surface area contributed by atoms with E-state index in [-0.39, 0.29) is 18.6 Å². The quantitative estimate of drug-likeness (QED) is 0.463. The van der Waals surface area contributed by atoms with Gasteiger partial charge < -0.3 is 4.74 Å². The van der Waals surface area contributed by atoms with Crippen molar-refractivity contribution in [3.05, 3.63) is 78.1 Å². The van der Waals surface area contributed by atoms with Crippen LogP contribution in [0.4, 0.5) is 4.39 Å². The maximum Gasteiger partial charge on any atom is 0.279 e. The summed E-state index contributed by atoms with van der Waals surface area (Å²) in [6.07, 6.45) is -1.01. The topological polar surface area (TPSA) is 84.5 Å². The number of nitrogens with one attached hydrogen (secondary N) is 2. The van der Waals surface area contributed by atoms with E-state index in [1.807, 2.05) is 36.4 Å². The molecule has 0 spiro atoms. The molecule has 1 unspecified atom stereocenters. The van der Waals surface area contributed by atoms with Crippen LogP contribution in [0.15, 0.2) is 66.7 Å². The summed E-state index contributed by atoms with van der Waals surface area (Å²) in [6.45, 7) is 1.56. The molecule has 0 fully saturated rings. The smallest absolute Gasteiger partial charge is 0.279 e. The van der Waals surface area contributed by atoms with Crippen molar-refractivity contribution < 1.29 is 23.5 Å². The van der Waals surface area contributed by atoms with Crippen LogP contribution in [0.25, 0.3) is 10.8 Å². The lowest BCUT2D eigenvalue weighted by atomic mass is 10.1. The molecular formula is C23H21FN2O4. The van der Waals surface area contributed by atoms with Gasteiger partial charge >= 0.3 is 0 Å². The highest BCUT2D eigenvalue weighted by molar-refractivity contribution is 5.98. The molecule has 2 N–H and O–H groups in total. The lowest BCUT2D eigenvalue weighted by molar-refractivity contribution is -0.132. The molecule has 7 heteroatoms. The molecule has 0 aromatic heterocycles. The zero-order valence-electron chi connectivity index (χ0n) is 16.4. The summed E-state index contributed by atoms with van der Waals surface area (Å²) in [6, 6.07) is 18.4. The summed E-state index contributed by atoms with van der Waals surface area (Å²) in [4.78, 5) is 36.0. The monoisotopic (exact) mass is 408 g/mol. The van der Waals surface area contributed by atoms with E-state index in [9.17, 15) is 18.8 Å². The number of ether oxygens (including phenoxy) is 1. The van der Waals surface area contributed by atoms with E-state index in [1.54, 1.807) is 13.0 Å². The number of rotatable bonds is 7. The van der Waals surface area contributed by atoms with Crippen LogP contribution < -0.4 is 15.6 Å². The van der Waals surface area contributed by atoms with Gasteiger partial charge in [-0.1, -0.05) is 30.3 Å². The molecule has 0 aliphatic carbocycles. The van der Waals surface area contributed by atoms with E-state index in [0.717, 1.165) is 10.8 Å². The first-order valence-corrected chi connectivity index (χ1v) is 9.45. The van der Waals surface area contributed by atoms with Crippen molar-refractivity contribution in [1.82, 2.24) is 10.9 Å². The van der Waals surface area contributed by atoms with Gasteiger partial charge in [0.2, 0.25) is 5.91 Å². The second-order valence-corrected chi connectivity index (χ2v) is 6.74. The van der Waals surface area contributed by atoms with Crippen LogP contribution in [0, 0.1) is 5.82 Å². The fourth-order valence-electron chi connectivity index (χ4n) is 2.80. The largest absolute Gasteiger partial charge is 0.481 e. The third-order valence-corrected chi connectivity index (χ3v) is 4.47. The molecule has 1 atom stereocenters. The fourth-order valence-corrected chi connectivity index (χ4v) is 2.80. The molecule has 0 saturated heterocycles. The summed E-state index contributed by atoms with van der Waals surface area (Å²) in [5.74, 6) is -1.23. The Kier molecular flexibility index (Phi) is 6.75. The molecule has 2 amide bonds. The average molecular weight is 408 g/mol. The van der Waals surface area contributed by atoms with Gasteiger partial charge in [-0.05, 0) is 54.1 Å². The normalized spacial score (nSPS) is 11.5. The molecule has 3 rings (SSSR count). The minimum absolute atomic E-state index is 0.0590. The highest BCUT2D eigenvalue weighted by Crippen LogP contribution is 2.21. The molecule has 0 bridgehead atoms. The highest BCUT2D eigenvalue weighted by Gasteiger charge is 2.16. The Hall–Kier alpha value is -3.74. The van der Waals surface area contributed by atoms with Crippen LogP contribution in [0.1, 0.15) is 30.1 Å². The van der Waals surface area contributed by atoms with E-state index in [4.69, 9.17) is 4.74 Å². The molecule has 6 nitrogen and oxygen atoms in total. The fraction of sp³-hybridized carbons (Fsp3) is 0.174. The van der Waals surface area contributed by atoms with Gasteiger partial charge in [0, 0.05) is 18.4 Å². The summed E-state index contributed by atoms with van der Waals surface area (Å²) in [5.41, 5.74) is 4.87. The number of fused-ring (bicyclic) bond motifs is 1. The minimum atomic E-state index is -0.840. The predicted octanol–water partition coefficient (Wildman–Crippen LogP) is 3.56. The SMILES string of the molecule is CC(Oc1ccc2ccccc2c1)C(=O)NNC(=O)CCC(=O)c1ccc(F)cc1. The standard InChI is InChI=1S/C23H21FN2O4/c1-15(30-20-11-8-16-4-2-3-5-18(16)14-20)23(29)26-25-22(28)13-12-21(27)17-6-9-19(24)10-7-17/h2-11,14-15H,12-13H2,1H3,(H,25,28)(H,26,29). The van der Waals surface area contributed by atoms with Gasteiger partial charge in [0.25, 0.3) is 5.91 Å².